The van der Waals surface area contributed by atoms with Gasteiger partial charge in [-0.05, 0) is 19.1 Å². The summed E-state index contributed by atoms with van der Waals surface area (Å²) in [6, 6.07) is 5.89. The molecule has 1 aromatic rings. The third-order valence-corrected chi connectivity index (χ3v) is 3.04. The molecule has 1 saturated heterocycles. The number of hydrogen-bond acceptors (Lipinski definition) is 4. The zero-order chi connectivity index (χ0) is 12.8. The monoisotopic (exact) mass is 249 g/mol. The van der Waals surface area contributed by atoms with E-state index in [9.17, 15) is 4.79 Å². The Morgan fingerprint density at radius 3 is 2.72 bits per heavy atom. The van der Waals surface area contributed by atoms with Crippen LogP contribution in [0.5, 0.6) is 0 Å². The number of carbonyl (C=O) groups is 1. The summed E-state index contributed by atoms with van der Waals surface area (Å²) in [6.07, 6.45) is 1.79. The number of pyridine rings is 1. The highest BCUT2D eigenvalue weighted by molar-refractivity contribution is 5.77. The molecule has 1 aliphatic heterocycles. The van der Waals surface area contributed by atoms with E-state index in [2.05, 4.69) is 9.88 Å². The minimum atomic E-state index is 0.0810. The van der Waals surface area contributed by atoms with E-state index in [-0.39, 0.29) is 12.5 Å². The smallest absolute Gasteiger partial charge is 0.248 e. The second-order valence-electron chi connectivity index (χ2n) is 4.19. The SMILES string of the molecule is CCOCC(=O)N1CCN(c2ccccn2)CC1. The third-order valence-electron chi connectivity index (χ3n) is 3.04. The molecule has 1 aromatic heterocycles. The van der Waals surface area contributed by atoms with Crippen molar-refractivity contribution in [2.75, 3.05) is 44.3 Å². The number of amides is 1. The van der Waals surface area contributed by atoms with Crippen LogP contribution >= 0.6 is 0 Å². The standard InChI is InChI=1S/C13H19N3O2/c1-2-18-11-13(17)16-9-7-15(8-10-16)12-5-3-4-6-14-12/h3-6H,2,7-11H2,1H3. The average molecular weight is 249 g/mol. The van der Waals surface area contributed by atoms with Crippen molar-refractivity contribution in [1.82, 2.24) is 9.88 Å². The van der Waals surface area contributed by atoms with Crippen molar-refractivity contribution in [3.63, 3.8) is 0 Å². The van der Waals surface area contributed by atoms with Gasteiger partial charge in [0, 0.05) is 39.0 Å². The van der Waals surface area contributed by atoms with E-state index >= 15 is 0 Å². The number of ether oxygens (including phenoxy) is 1. The van der Waals surface area contributed by atoms with Crippen molar-refractivity contribution in [3.8, 4) is 0 Å². The lowest BCUT2D eigenvalue weighted by atomic mass is 10.3. The fourth-order valence-corrected chi connectivity index (χ4v) is 2.01. The minimum Gasteiger partial charge on any atom is -0.372 e. The Hall–Kier alpha value is -1.62. The van der Waals surface area contributed by atoms with Gasteiger partial charge in [0.2, 0.25) is 5.91 Å². The summed E-state index contributed by atoms with van der Waals surface area (Å²) in [5.74, 6) is 1.06. The molecule has 0 radical (unpaired) electrons. The van der Waals surface area contributed by atoms with Crippen LogP contribution in [0, 0.1) is 0 Å². The molecule has 98 valence electrons. The van der Waals surface area contributed by atoms with Crippen LogP contribution in [-0.4, -0.2) is 55.2 Å². The van der Waals surface area contributed by atoms with Gasteiger partial charge in [0.25, 0.3) is 0 Å². The molecule has 0 aromatic carbocycles. The number of anilines is 1. The Bertz CT molecular complexity index is 375. The van der Waals surface area contributed by atoms with Gasteiger partial charge >= 0.3 is 0 Å². The Labute approximate surface area is 107 Å². The molecule has 2 heterocycles. The number of hydrogen-bond donors (Lipinski definition) is 0. The maximum absolute atomic E-state index is 11.8. The Balaban J connectivity index is 1.83. The van der Waals surface area contributed by atoms with Crippen molar-refractivity contribution in [2.45, 2.75) is 6.92 Å². The molecule has 0 aliphatic carbocycles. The maximum Gasteiger partial charge on any atom is 0.248 e. The van der Waals surface area contributed by atoms with E-state index in [4.69, 9.17) is 4.74 Å². The van der Waals surface area contributed by atoms with Crippen LogP contribution in [0.25, 0.3) is 0 Å². The lowest BCUT2D eigenvalue weighted by molar-refractivity contribution is -0.136. The summed E-state index contributed by atoms with van der Waals surface area (Å²) >= 11 is 0. The topological polar surface area (TPSA) is 45.7 Å². The van der Waals surface area contributed by atoms with Gasteiger partial charge in [0.15, 0.2) is 0 Å². The van der Waals surface area contributed by atoms with Gasteiger partial charge in [0.05, 0.1) is 0 Å². The first-order chi connectivity index (χ1) is 8.81. The molecule has 1 amide bonds. The zero-order valence-corrected chi connectivity index (χ0v) is 10.7. The first kappa shape index (κ1) is 12.8. The van der Waals surface area contributed by atoms with Crippen molar-refractivity contribution < 1.29 is 9.53 Å². The fourth-order valence-electron chi connectivity index (χ4n) is 2.01. The molecule has 2 rings (SSSR count). The number of nitrogens with zero attached hydrogens (tertiary/aromatic N) is 3. The molecule has 0 atom stereocenters. The summed E-state index contributed by atoms with van der Waals surface area (Å²) in [5, 5.41) is 0. The summed E-state index contributed by atoms with van der Waals surface area (Å²) in [7, 11) is 0. The van der Waals surface area contributed by atoms with Crippen LogP contribution in [0.15, 0.2) is 24.4 Å². The molecule has 18 heavy (non-hydrogen) atoms. The number of piperazine rings is 1. The van der Waals surface area contributed by atoms with E-state index in [1.54, 1.807) is 6.20 Å². The second kappa shape index (κ2) is 6.35. The molecule has 1 aliphatic rings. The zero-order valence-electron chi connectivity index (χ0n) is 10.7. The Kier molecular flexibility index (Phi) is 4.52. The summed E-state index contributed by atoms with van der Waals surface area (Å²) < 4.78 is 5.14. The van der Waals surface area contributed by atoms with Crippen LogP contribution in [0.1, 0.15) is 6.92 Å². The molecule has 0 bridgehead atoms. The van der Waals surface area contributed by atoms with Gasteiger partial charge < -0.3 is 14.5 Å². The largest absolute Gasteiger partial charge is 0.372 e. The van der Waals surface area contributed by atoms with Gasteiger partial charge in [-0.3, -0.25) is 4.79 Å². The molecule has 0 unspecified atom stereocenters. The highest BCUT2D eigenvalue weighted by Gasteiger charge is 2.21. The van der Waals surface area contributed by atoms with Crippen LogP contribution in [0.4, 0.5) is 5.82 Å². The van der Waals surface area contributed by atoms with Crippen molar-refractivity contribution in [2.24, 2.45) is 0 Å². The molecule has 5 nitrogen and oxygen atoms in total. The number of carbonyl (C=O) groups excluding carboxylic acids is 1. The van der Waals surface area contributed by atoms with E-state index < -0.39 is 0 Å². The molecular weight excluding hydrogens is 230 g/mol. The minimum absolute atomic E-state index is 0.0810. The predicted octanol–water partition coefficient (Wildman–Crippen LogP) is 0.767. The van der Waals surface area contributed by atoms with Crippen LogP contribution in [0.3, 0.4) is 0 Å². The van der Waals surface area contributed by atoms with Crippen LogP contribution in [0.2, 0.25) is 0 Å². The quantitative estimate of drug-likeness (QED) is 0.790. The van der Waals surface area contributed by atoms with Gasteiger partial charge in [-0.2, -0.15) is 0 Å². The van der Waals surface area contributed by atoms with Crippen molar-refractivity contribution in [1.29, 1.82) is 0 Å². The summed E-state index contributed by atoms with van der Waals surface area (Å²) in [5.41, 5.74) is 0. The van der Waals surface area contributed by atoms with E-state index in [1.165, 1.54) is 0 Å². The number of aromatic nitrogens is 1. The molecule has 0 spiro atoms. The van der Waals surface area contributed by atoms with E-state index in [0.29, 0.717) is 6.61 Å². The number of rotatable bonds is 4. The highest BCUT2D eigenvalue weighted by atomic mass is 16.5. The van der Waals surface area contributed by atoms with E-state index in [1.807, 2.05) is 30.0 Å². The molecule has 1 fully saturated rings. The van der Waals surface area contributed by atoms with Crippen molar-refractivity contribution >= 4 is 11.7 Å². The molecule has 5 heteroatoms. The molecule has 0 N–H and O–H groups in total. The first-order valence-electron chi connectivity index (χ1n) is 6.32. The van der Waals surface area contributed by atoms with Gasteiger partial charge in [0.1, 0.15) is 12.4 Å². The fraction of sp³-hybridized carbons (Fsp3) is 0.538. The normalized spacial score (nSPS) is 15.8. The Morgan fingerprint density at radius 1 is 1.33 bits per heavy atom. The predicted molar refractivity (Wildman–Crippen MR) is 69.5 cm³/mol. The van der Waals surface area contributed by atoms with Gasteiger partial charge in [-0.1, -0.05) is 6.07 Å². The highest BCUT2D eigenvalue weighted by Crippen LogP contribution is 2.12. The summed E-state index contributed by atoms with van der Waals surface area (Å²) in [6.45, 7) is 5.81. The molecule has 0 saturated carbocycles. The first-order valence-corrected chi connectivity index (χ1v) is 6.32. The lowest BCUT2D eigenvalue weighted by Gasteiger charge is -2.35. The Morgan fingerprint density at radius 2 is 2.11 bits per heavy atom. The van der Waals surface area contributed by atoms with Crippen LogP contribution in [-0.2, 0) is 9.53 Å². The van der Waals surface area contributed by atoms with Crippen LogP contribution < -0.4 is 4.90 Å². The van der Waals surface area contributed by atoms with Crippen molar-refractivity contribution in [3.05, 3.63) is 24.4 Å². The van der Waals surface area contributed by atoms with E-state index in [0.717, 1.165) is 32.0 Å². The second-order valence-corrected chi connectivity index (χ2v) is 4.19. The third kappa shape index (κ3) is 3.20. The van der Waals surface area contributed by atoms with Gasteiger partial charge in [-0.25, -0.2) is 4.98 Å². The summed E-state index contributed by atoms with van der Waals surface area (Å²) in [4.78, 5) is 20.1. The van der Waals surface area contributed by atoms with Gasteiger partial charge in [-0.15, -0.1) is 0 Å². The maximum atomic E-state index is 11.8. The average Bonchev–Trinajstić information content (AvgIpc) is 2.46. The molecular formula is C13H19N3O2. The lowest BCUT2D eigenvalue weighted by Crippen LogP contribution is -2.50.